The summed E-state index contributed by atoms with van der Waals surface area (Å²) in [5.74, 6) is 0.578. The van der Waals surface area contributed by atoms with Gasteiger partial charge in [0, 0.05) is 30.9 Å². The van der Waals surface area contributed by atoms with Crippen molar-refractivity contribution in [2.45, 2.75) is 4.90 Å². The Labute approximate surface area is 139 Å². The van der Waals surface area contributed by atoms with Crippen LogP contribution in [-0.2, 0) is 10.0 Å². The van der Waals surface area contributed by atoms with Crippen molar-refractivity contribution < 1.29 is 18.1 Å². The molecule has 0 aliphatic rings. The summed E-state index contributed by atoms with van der Waals surface area (Å²) in [4.78, 5) is 10.2. The summed E-state index contributed by atoms with van der Waals surface area (Å²) in [6.45, 7) is 0.512. The van der Waals surface area contributed by atoms with Gasteiger partial charge in [0.1, 0.15) is 5.75 Å². The zero-order valence-electron chi connectivity index (χ0n) is 12.9. The minimum atomic E-state index is -3.59. The summed E-state index contributed by atoms with van der Waals surface area (Å²) in [6, 6.07) is 12.0. The Kier molecular flexibility index (Phi) is 5.72. The number of ether oxygens (including phenoxy) is 1. The van der Waals surface area contributed by atoms with Crippen LogP contribution in [0.4, 0.5) is 11.4 Å². The molecule has 0 atom stereocenters. The predicted octanol–water partition coefficient (Wildman–Crippen LogP) is 1.99. The summed E-state index contributed by atoms with van der Waals surface area (Å²) >= 11 is 0. The van der Waals surface area contributed by atoms with Gasteiger partial charge in [-0.3, -0.25) is 10.1 Å². The molecule has 2 N–H and O–H groups in total. The Morgan fingerprint density at radius 2 is 1.67 bits per heavy atom. The Balaban J connectivity index is 1.85. The molecule has 0 amide bonds. The quantitative estimate of drug-likeness (QED) is 0.427. The van der Waals surface area contributed by atoms with Crippen LogP contribution >= 0.6 is 0 Å². The molecule has 0 heterocycles. The van der Waals surface area contributed by atoms with Crippen LogP contribution in [0.5, 0.6) is 5.75 Å². The van der Waals surface area contributed by atoms with Gasteiger partial charge in [-0.15, -0.1) is 0 Å². The second-order valence-electron chi connectivity index (χ2n) is 4.80. The number of hydrogen-bond acceptors (Lipinski definition) is 6. The van der Waals surface area contributed by atoms with E-state index in [2.05, 4.69) is 10.0 Å². The zero-order valence-corrected chi connectivity index (χ0v) is 13.7. The van der Waals surface area contributed by atoms with Crippen molar-refractivity contribution in [1.29, 1.82) is 0 Å². The van der Waals surface area contributed by atoms with E-state index in [1.54, 1.807) is 24.3 Å². The number of anilines is 1. The Hall–Kier alpha value is -2.65. The van der Waals surface area contributed by atoms with E-state index < -0.39 is 14.9 Å². The number of sulfonamides is 1. The molecular formula is C15H17N3O5S. The Bertz CT molecular complexity index is 789. The van der Waals surface area contributed by atoms with E-state index >= 15 is 0 Å². The molecule has 0 aromatic heterocycles. The molecular weight excluding hydrogens is 334 g/mol. The number of non-ortho nitro benzene ring substituents is 1. The summed E-state index contributed by atoms with van der Waals surface area (Å²) in [5, 5.41) is 13.5. The number of benzene rings is 2. The molecule has 0 fully saturated rings. The van der Waals surface area contributed by atoms with E-state index in [-0.39, 0.29) is 17.1 Å². The van der Waals surface area contributed by atoms with Crippen molar-refractivity contribution in [2.75, 3.05) is 25.5 Å². The lowest BCUT2D eigenvalue weighted by molar-refractivity contribution is -0.384. The normalized spacial score (nSPS) is 11.0. The number of hydrogen-bond donors (Lipinski definition) is 2. The van der Waals surface area contributed by atoms with Crippen LogP contribution in [0.15, 0.2) is 53.4 Å². The lowest BCUT2D eigenvalue weighted by atomic mass is 10.3. The van der Waals surface area contributed by atoms with Gasteiger partial charge < -0.3 is 10.1 Å². The van der Waals surface area contributed by atoms with E-state index in [1.165, 1.54) is 31.4 Å². The molecule has 2 aromatic carbocycles. The molecule has 0 spiro atoms. The van der Waals surface area contributed by atoms with Gasteiger partial charge in [-0.1, -0.05) is 0 Å². The minimum Gasteiger partial charge on any atom is -0.497 e. The smallest absolute Gasteiger partial charge is 0.269 e. The van der Waals surface area contributed by atoms with Crippen molar-refractivity contribution in [1.82, 2.24) is 4.72 Å². The van der Waals surface area contributed by atoms with Crippen molar-refractivity contribution in [2.24, 2.45) is 0 Å². The van der Waals surface area contributed by atoms with Crippen molar-refractivity contribution in [3.63, 3.8) is 0 Å². The monoisotopic (exact) mass is 351 g/mol. The molecule has 8 nitrogen and oxygen atoms in total. The van der Waals surface area contributed by atoms with Gasteiger partial charge in [0.25, 0.3) is 5.69 Å². The van der Waals surface area contributed by atoms with Crippen LogP contribution in [-0.4, -0.2) is 33.5 Å². The highest BCUT2D eigenvalue weighted by Crippen LogP contribution is 2.16. The fraction of sp³-hybridized carbons (Fsp3) is 0.200. The number of nitro benzene ring substituents is 1. The van der Waals surface area contributed by atoms with Crippen LogP contribution in [0.25, 0.3) is 0 Å². The maximum absolute atomic E-state index is 12.1. The molecule has 0 bridgehead atoms. The first-order valence-electron chi connectivity index (χ1n) is 7.04. The standard InChI is InChI=1S/C15H17N3O5S/c1-23-14-6-8-15(9-7-14)24(21,22)17-11-10-16-12-2-4-13(5-3-12)18(19)20/h2-9,16-17H,10-11H2,1H3. The SMILES string of the molecule is COc1ccc(S(=O)(=O)NCCNc2ccc([N+](=O)[O-])cc2)cc1. The van der Waals surface area contributed by atoms with Gasteiger partial charge in [0.2, 0.25) is 10.0 Å². The van der Waals surface area contributed by atoms with Crippen molar-refractivity contribution >= 4 is 21.4 Å². The average Bonchev–Trinajstić information content (AvgIpc) is 2.59. The molecule has 0 saturated carbocycles. The summed E-state index contributed by atoms with van der Waals surface area (Å²) in [6.07, 6.45) is 0. The van der Waals surface area contributed by atoms with Crippen LogP contribution < -0.4 is 14.8 Å². The molecule has 24 heavy (non-hydrogen) atoms. The van der Waals surface area contributed by atoms with Gasteiger partial charge in [-0.25, -0.2) is 13.1 Å². The van der Waals surface area contributed by atoms with Crippen LogP contribution in [0.1, 0.15) is 0 Å². The Morgan fingerprint density at radius 3 is 2.21 bits per heavy atom. The summed E-state index contributed by atoms with van der Waals surface area (Å²) in [5.41, 5.74) is 0.671. The Morgan fingerprint density at radius 1 is 1.04 bits per heavy atom. The van der Waals surface area contributed by atoms with Crippen molar-refractivity contribution in [3.05, 3.63) is 58.6 Å². The molecule has 0 aliphatic heterocycles. The molecule has 0 aliphatic carbocycles. The maximum atomic E-state index is 12.1. The third-order valence-corrected chi connectivity index (χ3v) is 4.67. The molecule has 2 aromatic rings. The zero-order chi connectivity index (χ0) is 17.6. The molecule has 2 rings (SSSR count). The predicted molar refractivity (Wildman–Crippen MR) is 89.8 cm³/mol. The first-order chi connectivity index (χ1) is 11.4. The maximum Gasteiger partial charge on any atom is 0.269 e. The van der Waals surface area contributed by atoms with Gasteiger partial charge in [0.05, 0.1) is 16.9 Å². The van der Waals surface area contributed by atoms with Crippen molar-refractivity contribution in [3.8, 4) is 5.75 Å². The van der Waals surface area contributed by atoms with E-state index in [9.17, 15) is 18.5 Å². The molecule has 128 valence electrons. The molecule has 0 radical (unpaired) electrons. The summed E-state index contributed by atoms with van der Waals surface area (Å²) in [7, 11) is -2.09. The van der Waals surface area contributed by atoms with Crippen LogP contribution in [0.2, 0.25) is 0 Å². The van der Waals surface area contributed by atoms with Gasteiger partial charge in [0.15, 0.2) is 0 Å². The van der Waals surface area contributed by atoms with Crippen LogP contribution in [0.3, 0.4) is 0 Å². The molecule has 0 saturated heterocycles. The van der Waals surface area contributed by atoms with Gasteiger partial charge >= 0.3 is 0 Å². The highest BCUT2D eigenvalue weighted by Gasteiger charge is 2.13. The second kappa shape index (κ2) is 7.75. The summed E-state index contributed by atoms with van der Waals surface area (Å²) < 4.78 is 31.7. The third kappa shape index (κ3) is 4.67. The number of methoxy groups -OCH3 is 1. The molecule has 9 heteroatoms. The lowest BCUT2D eigenvalue weighted by Gasteiger charge is -2.09. The fourth-order valence-corrected chi connectivity index (χ4v) is 2.96. The largest absolute Gasteiger partial charge is 0.497 e. The van der Waals surface area contributed by atoms with E-state index in [4.69, 9.17) is 4.74 Å². The van der Waals surface area contributed by atoms with E-state index in [0.717, 1.165) is 0 Å². The minimum absolute atomic E-state index is 0.000702. The topological polar surface area (TPSA) is 111 Å². The first kappa shape index (κ1) is 17.7. The lowest BCUT2D eigenvalue weighted by Crippen LogP contribution is -2.28. The number of rotatable bonds is 8. The first-order valence-corrected chi connectivity index (χ1v) is 8.53. The molecule has 0 unspecified atom stereocenters. The van der Waals surface area contributed by atoms with E-state index in [0.29, 0.717) is 18.0 Å². The third-order valence-electron chi connectivity index (χ3n) is 3.19. The van der Waals surface area contributed by atoms with E-state index in [1.807, 2.05) is 0 Å². The second-order valence-corrected chi connectivity index (χ2v) is 6.57. The van der Waals surface area contributed by atoms with Gasteiger partial charge in [-0.05, 0) is 36.4 Å². The number of nitro groups is 1. The van der Waals surface area contributed by atoms with Crippen LogP contribution in [0, 0.1) is 10.1 Å². The number of nitrogens with zero attached hydrogens (tertiary/aromatic N) is 1. The highest BCUT2D eigenvalue weighted by atomic mass is 32.2. The fourth-order valence-electron chi connectivity index (χ4n) is 1.93. The highest BCUT2D eigenvalue weighted by molar-refractivity contribution is 7.89. The number of nitrogens with one attached hydrogen (secondary N) is 2. The average molecular weight is 351 g/mol. The van der Waals surface area contributed by atoms with Gasteiger partial charge in [-0.2, -0.15) is 0 Å².